The Morgan fingerprint density at radius 2 is 1.46 bits per heavy atom. The lowest BCUT2D eigenvalue weighted by Crippen LogP contribution is -2.33. The third-order valence-corrected chi connectivity index (χ3v) is 8.84. The van der Waals surface area contributed by atoms with Crippen LogP contribution in [0.15, 0.2) is 54.6 Å². The van der Waals surface area contributed by atoms with Crippen molar-refractivity contribution in [2.75, 3.05) is 11.5 Å². The van der Waals surface area contributed by atoms with Gasteiger partial charge in [-0.15, -0.1) is 0 Å². The Morgan fingerprint density at radius 3 is 2.16 bits per heavy atom. The number of fused-ring (bicyclic) bond motifs is 5. The zero-order valence-corrected chi connectivity index (χ0v) is 21.9. The third kappa shape index (κ3) is 5.23. The van der Waals surface area contributed by atoms with Crippen molar-refractivity contribution in [1.29, 1.82) is 0 Å². The van der Waals surface area contributed by atoms with E-state index in [9.17, 15) is 14.4 Å². The first-order valence-corrected chi connectivity index (χ1v) is 14.3. The van der Waals surface area contributed by atoms with Crippen LogP contribution in [0.5, 0.6) is 0 Å². The molecule has 0 radical (unpaired) electrons. The van der Waals surface area contributed by atoms with E-state index in [2.05, 4.69) is 31.2 Å². The lowest BCUT2D eigenvalue weighted by Gasteiger charge is -2.28. The standard InChI is InChI=1S/C32H39NO4/c1-2-3-4-5-6-7-8-12-19-37-32(36)23-15-17-25(18-16-23)33-30(34)28-24-20-26(22-13-10-9-11-14-22)27(21-24)29(28)31(33)35/h9-11,13-18,24,26-29H,2-8,12,19-21H2,1H3. The van der Waals surface area contributed by atoms with Crippen LogP contribution >= 0.6 is 0 Å². The van der Waals surface area contributed by atoms with Crippen LogP contribution in [0.2, 0.25) is 0 Å². The van der Waals surface area contributed by atoms with Crippen LogP contribution in [0, 0.1) is 23.7 Å². The lowest BCUT2D eigenvalue weighted by molar-refractivity contribution is -0.123. The Kier molecular flexibility index (Phi) is 8.07. The lowest BCUT2D eigenvalue weighted by atomic mass is 9.73. The molecular formula is C32H39NO4. The van der Waals surface area contributed by atoms with Gasteiger partial charge < -0.3 is 4.74 Å². The highest BCUT2D eigenvalue weighted by Gasteiger charge is 2.64. The molecule has 2 aliphatic carbocycles. The van der Waals surface area contributed by atoms with Crippen molar-refractivity contribution in [3.8, 4) is 0 Å². The molecule has 0 spiro atoms. The zero-order chi connectivity index (χ0) is 25.8. The summed E-state index contributed by atoms with van der Waals surface area (Å²) in [6, 6.07) is 17.2. The molecule has 0 N–H and O–H groups in total. The number of esters is 1. The molecule has 2 aromatic rings. The van der Waals surface area contributed by atoms with Crippen LogP contribution < -0.4 is 4.90 Å². The van der Waals surface area contributed by atoms with Gasteiger partial charge in [-0.2, -0.15) is 0 Å². The highest BCUT2D eigenvalue weighted by molar-refractivity contribution is 6.22. The second kappa shape index (κ2) is 11.6. The van der Waals surface area contributed by atoms with Crippen molar-refractivity contribution in [1.82, 2.24) is 0 Å². The number of amides is 2. The quantitative estimate of drug-likeness (QED) is 0.180. The van der Waals surface area contributed by atoms with Crippen LogP contribution in [-0.2, 0) is 14.3 Å². The van der Waals surface area contributed by atoms with Gasteiger partial charge >= 0.3 is 5.97 Å². The molecule has 5 rings (SSSR count). The Bertz CT molecular complexity index is 1100. The summed E-state index contributed by atoms with van der Waals surface area (Å²) in [5, 5.41) is 0. The van der Waals surface area contributed by atoms with E-state index in [0.717, 1.165) is 25.7 Å². The van der Waals surface area contributed by atoms with Gasteiger partial charge in [0.1, 0.15) is 0 Å². The number of nitrogens with zero attached hydrogens (tertiary/aromatic N) is 1. The highest BCUT2D eigenvalue weighted by atomic mass is 16.5. The largest absolute Gasteiger partial charge is 0.462 e. The molecule has 1 aliphatic heterocycles. The first-order valence-electron chi connectivity index (χ1n) is 14.3. The normalized spacial score (nSPS) is 26.1. The van der Waals surface area contributed by atoms with E-state index >= 15 is 0 Å². The molecule has 1 saturated heterocycles. The van der Waals surface area contributed by atoms with Crippen LogP contribution in [0.1, 0.15) is 93.0 Å². The molecule has 2 bridgehead atoms. The van der Waals surface area contributed by atoms with Gasteiger partial charge in [-0.1, -0.05) is 82.2 Å². The Labute approximate surface area is 220 Å². The Morgan fingerprint density at radius 1 is 0.811 bits per heavy atom. The van der Waals surface area contributed by atoms with Crippen molar-refractivity contribution in [2.45, 2.75) is 77.0 Å². The molecule has 5 nitrogen and oxygen atoms in total. The van der Waals surface area contributed by atoms with Gasteiger partial charge in [0, 0.05) is 0 Å². The third-order valence-electron chi connectivity index (χ3n) is 8.84. The predicted molar refractivity (Wildman–Crippen MR) is 144 cm³/mol. The zero-order valence-electron chi connectivity index (χ0n) is 21.9. The monoisotopic (exact) mass is 501 g/mol. The SMILES string of the molecule is CCCCCCCCCCOC(=O)c1ccc(N2C(=O)C3C4CC(c5ccccc5)C(C4)C3C2=O)cc1. The molecule has 5 atom stereocenters. The van der Waals surface area contributed by atoms with Crippen molar-refractivity contribution < 1.29 is 19.1 Å². The highest BCUT2D eigenvalue weighted by Crippen LogP contribution is 2.61. The van der Waals surface area contributed by atoms with Crippen molar-refractivity contribution in [2.24, 2.45) is 23.7 Å². The van der Waals surface area contributed by atoms with Crippen molar-refractivity contribution >= 4 is 23.5 Å². The topological polar surface area (TPSA) is 63.7 Å². The van der Waals surface area contributed by atoms with Gasteiger partial charge in [0.15, 0.2) is 0 Å². The van der Waals surface area contributed by atoms with Crippen LogP contribution in [0.3, 0.4) is 0 Å². The maximum Gasteiger partial charge on any atom is 0.338 e. The second-order valence-corrected chi connectivity index (χ2v) is 11.1. The van der Waals surface area contributed by atoms with Gasteiger partial charge in [0.05, 0.1) is 29.7 Å². The van der Waals surface area contributed by atoms with Gasteiger partial charge in [0.25, 0.3) is 0 Å². The Balaban J connectivity index is 1.14. The molecule has 2 amide bonds. The van der Waals surface area contributed by atoms with E-state index in [1.165, 1.54) is 49.0 Å². The maximum atomic E-state index is 13.5. The fourth-order valence-electron chi connectivity index (χ4n) is 7.03. The summed E-state index contributed by atoms with van der Waals surface area (Å²) >= 11 is 0. The first kappa shape index (κ1) is 25.7. The predicted octanol–water partition coefficient (Wildman–Crippen LogP) is 6.91. The first-order chi connectivity index (χ1) is 18.1. The number of ether oxygens (including phenoxy) is 1. The number of unbranched alkanes of at least 4 members (excludes halogenated alkanes) is 7. The van der Waals surface area contributed by atoms with Gasteiger partial charge in [-0.25, -0.2) is 4.79 Å². The van der Waals surface area contributed by atoms with E-state index in [1.54, 1.807) is 24.3 Å². The number of benzene rings is 2. The number of imide groups is 1. The summed E-state index contributed by atoms with van der Waals surface area (Å²) in [6.07, 6.45) is 11.5. The molecule has 3 aliphatic rings. The van der Waals surface area contributed by atoms with Crippen LogP contribution in [0.25, 0.3) is 0 Å². The molecule has 2 saturated carbocycles. The number of carbonyl (C=O) groups is 3. The number of hydrogen-bond donors (Lipinski definition) is 0. The van der Waals surface area contributed by atoms with Crippen LogP contribution in [0.4, 0.5) is 5.69 Å². The number of hydrogen-bond acceptors (Lipinski definition) is 4. The minimum atomic E-state index is -0.353. The number of rotatable bonds is 12. The average Bonchev–Trinajstić information content (AvgIpc) is 3.59. The summed E-state index contributed by atoms with van der Waals surface area (Å²) < 4.78 is 5.45. The molecular weight excluding hydrogens is 462 g/mol. The summed E-state index contributed by atoms with van der Waals surface area (Å²) in [6.45, 7) is 2.65. The molecule has 1 heterocycles. The molecule has 0 aromatic heterocycles. The Hall–Kier alpha value is -2.95. The maximum absolute atomic E-state index is 13.5. The van der Waals surface area contributed by atoms with E-state index in [1.807, 2.05) is 6.07 Å². The van der Waals surface area contributed by atoms with E-state index in [4.69, 9.17) is 4.74 Å². The fourth-order valence-corrected chi connectivity index (χ4v) is 7.03. The van der Waals surface area contributed by atoms with Crippen LogP contribution in [-0.4, -0.2) is 24.4 Å². The van der Waals surface area contributed by atoms with E-state index < -0.39 is 0 Å². The summed E-state index contributed by atoms with van der Waals surface area (Å²) in [7, 11) is 0. The minimum absolute atomic E-state index is 0.0703. The molecule has 196 valence electrons. The fraction of sp³-hybridized carbons (Fsp3) is 0.531. The second-order valence-electron chi connectivity index (χ2n) is 11.1. The smallest absolute Gasteiger partial charge is 0.338 e. The van der Waals surface area contributed by atoms with Gasteiger partial charge in [-0.3, -0.25) is 14.5 Å². The average molecular weight is 502 g/mol. The number of carbonyl (C=O) groups excluding carboxylic acids is 3. The van der Waals surface area contributed by atoms with E-state index in [-0.39, 0.29) is 41.5 Å². The van der Waals surface area contributed by atoms with Crippen molar-refractivity contribution in [3.05, 3.63) is 65.7 Å². The van der Waals surface area contributed by atoms with Crippen molar-refractivity contribution in [3.63, 3.8) is 0 Å². The van der Waals surface area contributed by atoms with Gasteiger partial charge in [-0.05, 0) is 66.8 Å². The van der Waals surface area contributed by atoms with E-state index in [0.29, 0.717) is 23.8 Å². The molecule has 5 unspecified atom stereocenters. The van der Waals surface area contributed by atoms with Gasteiger partial charge in [0.2, 0.25) is 11.8 Å². The molecule has 5 heteroatoms. The number of anilines is 1. The summed E-state index contributed by atoms with van der Waals surface area (Å²) in [4.78, 5) is 40.7. The summed E-state index contributed by atoms with van der Waals surface area (Å²) in [5.41, 5.74) is 2.29. The molecule has 37 heavy (non-hydrogen) atoms. The minimum Gasteiger partial charge on any atom is -0.462 e. The molecule has 3 fully saturated rings. The molecule has 2 aromatic carbocycles. The summed E-state index contributed by atoms with van der Waals surface area (Å²) in [5.74, 6) is -0.0816.